The van der Waals surface area contributed by atoms with Gasteiger partial charge < -0.3 is 5.32 Å². The van der Waals surface area contributed by atoms with Crippen molar-refractivity contribution in [2.75, 3.05) is 19.6 Å². The van der Waals surface area contributed by atoms with Crippen molar-refractivity contribution in [1.82, 2.24) is 15.5 Å². The maximum Gasteiger partial charge on any atom is 0.243 e. The zero-order valence-electron chi connectivity index (χ0n) is 11.1. The fourth-order valence-corrected chi connectivity index (χ4v) is 2.89. The van der Waals surface area contributed by atoms with Crippen LogP contribution in [0, 0.1) is 0 Å². The summed E-state index contributed by atoms with van der Waals surface area (Å²) >= 11 is 0. The molecule has 0 aliphatic carbocycles. The molecule has 5 nitrogen and oxygen atoms in total. The second-order valence-electron chi connectivity index (χ2n) is 5.24. The van der Waals surface area contributed by atoms with Crippen LogP contribution in [0.25, 0.3) is 0 Å². The van der Waals surface area contributed by atoms with Gasteiger partial charge in [-0.1, -0.05) is 13.3 Å². The molecule has 0 bridgehead atoms. The number of rotatable bonds is 4. The van der Waals surface area contributed by atoms with E-state index in [1.807, 2.05) is 11.8 Å². The van der Waals surface area contributed by atoms with E-state index in [4.69, 9.17) is 0 Å². The minimum atomic E-state index is -0.165. The number of carbonyl (C=O) groups excluding carboxylic acids is 2. The first-order chi connectivity index (χ1) is 8.70. The highest BCUT2D eigenvalue weighted by Crippen LogP contribution is 2.14. The number of piperidine rings is 1. The SMILES string of the molecule is CCC1C(=O)NC(=O)CN1CCC1CCCCN1. The van der Waals surface area contributed by atoms with Gasteiger partial charge in [-0.15, -0.1) is 0 Å². The summed E-state index contributed by atoms with van der Waals surface area (Å²) in [6.07, 6.45) is 5.55. The number of nitrogens with zero attached hydrogens (tertiary/aromatic N) is 1. The first kappa shape index (κ1) is 13.5. The molecule has 18 heavy (non-hydrogen) atoms. The Morgan fingerprint density at radius 1 is 1.33 bits per heavy atom. The normalized spacial score (nSPS) is 30.3. The van der Waals surface area contributed by atoms with Crippen LogP contribution in [0.15, 0.2) is 0 Å². The van der Waals surface area contributed by atoms with Gasteiger partial charge in [0.2, 0.25) is 11.8 Å². The lowest BCUT2D eigenvalue weighted by atomic mass is 10.0. The molecule has 2 rings (SSSR count). The Morgan fingerprint density at radius 2 is 2.17 bits per heavy atom. The van der Waals surface area contributed by atoms with Crippen molar-refractivity contribution in [3.63, 3.8) is 0 Å². The highest BCUT2D eigenvalue weighted by Gasteiger charge is 2.32. The zero-order chi connectivity index (χ0) is 13.0. The summed E-state index contributed by atoms with van der Waals surface area (Å²) in [4.78, 5) is 25.1. The number of piperazine rings is 1. The highest BCUT2D eigenvalue weighted by molar-refractivity contribution is 6.01. The minimum absolute atomic E-state index is 0.133. The minimum Gasteiger partial charge on any atom is -0.314 e. The average Bonchev–Trinajstić information content (AvgIpc) is 2.37. The Hall–Kier alpha value is -0.940. The molecule has 2 fully saturated rings. The standard InChI is InChI=1S/C13H23N3O2/c1-2-11-13(18)15-12(17)9-16(11)8-6-10-5-3-4-7-14-10/h10-11,14H,2-9H2,1H3,(H,15,17,18). The monoisotopic (exact) mass is 253 g/mol. The van der Waals surface area contributed by atoms with Crippen LogP contribution in [-0.4, -0.2) is 48.4 Å². The van der Waals surface area contributed by atoms with E-state index in [0.717, 1.165) is 25.9 Å². The molecule has 0 saturated carbocycles. The largest absolute Gasteiger partial charge is 0.314 e. The molecule has 0 aromatic carbocycles. The van der Waals surface area contributed by atoms with Crippen LogP contribution < -0.4 is 10.6 Å². The number of hydrogen-bond donors (Lipinski definition) is 2. The number of imide groups is 1. The number of nitrogens with one attached hydrogen (secondary N) is 2. The molecule has 2 atom stereocenters. The van der Waals surface area contributed by atoms with Gasteiger partial charge in [0, 0.05) is 12.6 Å². The highest BCUT2D eigenvalue weighted by atomic mass is 16.2. The Kier molecular flexibility index (Phi) is 4.72. The Labute approximate surface area is 108 Å². The molecular formula is C13H23N3O2. The van der Waals surface area contributed by atoms with Gasteiger partial charge in [0.25, 0.3) is 0 Å². The summed E-state index contributed by atoms with van der Waals surface area (Å²) in [7, 11) is 0. The van der Waals surface area contributed by atoms with Crippen molar-refractivity contribution in [2.24, 2.45) is 0 Å². The maximum atomic E-state index is 11.7. The van der Waals surface area contributed by atoms with Crippen LogP contribution in [0.1, 0.15) is 39.0 Å². The van der Waals surface area contributed by atoms with Crippen molar-refractivity contribution in [2.45, 2.75) is 51.1 Å². The molecule has 2 amide bonds. The summed E-state index contributed by atoms with van der Waals surface area (Å²) in [6, 6.07) is 0.419. The van der Waals surface area contributed by atoms with E-state index in [2.05, 4.69) is 10.6 Å². The van der Waals surface area contributed by atoms with Gasteiger partial charge in [-0.3, -0.25) is 19.8 Å². The van der Waals surface area contributed by atoms with Gasteiger partial charge in [0.15, 0.2) is 0 Å². The van der Waals surface area contributed by atoms with Crippen molar-refractivity contribution in [1.29, 1.82) is 0 Å². The zero-order valence-corrected chi connectivity index (χ0v) is 11.1. The van der Waals surface area contributed by atoms with Crippen LogP contribution in [-0.2, 0) is 9.59 Å². The molecule has 5 heteroatoms. The second-order valence-corrected chi connectivity index (χ2v) is 5.24. The number of amides is 2. The molecule has 102 valence electrons. The van der Waals surface area contributed by atoms with E-state index in [9.17, 15) is 9.59 Å². The van der Waals surface area contributed by atoms with Crippen LogP contribution in [0.3, 0.4) is 0 Å². The molecule has 2 saturated heterocycles. The number of carbonyl (C=O) groups is 2. The summed E-state index contributed by atoms with van der Waals surface area (Å²) in [5.41, 5.74) is 0. The average molecular weight is 253 g/mol. The van der Waals surface area contributed by atoms with Gasteiger partial charge in [0.1, 0.15) is 0 Å². The third-order valence-corrected chi connectivity index (χ3v) is 3.92. The lowest BCUT2D eigenvalue weighted by Gasteiger charge is -2.34. The van der Waals surface area contributed by atoms with E-state index in [1.54, 1.807) is 0 Å². The van der Waals surface area contributed by atoms with Crippen LogP contribution in [0.5, 0.6) is 0 Å². The van der Waals surface area contributed by atoms with Crippen molar-refractivity contribution in [3.05, 3.63) is 0 Å². The van der Waals surface area contributed by atoms with E-state index in [0.29, 0.717) is 12.6 Å². The molecule has 2 aliphatic heterocycles. The van der Waals surface area contributed by atoms with Gasteiger partial charge in [0.05, 0.1) is 12.6 Å². The van der Waals surface area contributed by atoms with E-state index in [-0.39, 0.29) is 17.9 Å². The molecule has 2 N–H and O–H groups in total. The molecule has 0 aromatic heterocycles. The van der Waals surface area contributed by atoms with Crippen LogP contribution in [0.2, 0.25) is 0 Å². The molecular weight excluding hydrogens is 230 g/mol. The third kappa shape index (κ3) is 3.29. The fraction of sp³-hybridized carbons (Fsp3) is 0.846. The smallest absolute Gasteiger partial charge is 0.243 e. The molecule has 0 radical (unpaired) electrons. The quantitative estimate of drug-likeness (QED) is 0.705. The Balaban J connectivity index is 1.85. The Bertz CT molecular complexity index is 313. The molecule has 0 aromatic rings. The lowest BCUT2D eigenvalue weighted by Crippen LogP contribution is -2.58. The molecule has 0 spiro atoms. The van der Waals surface area contributed by atoms with Gasteiger partial charge >= 0.3 is 0 Å². The summed E-state index contributed by atoms with van der Waals surface area (Å²) < 4.78 is 0. The fourth-order valence-electron chi connectivity index (χ4n) is 2.89. The van der Waals surface area contributed by atoms with E-state index >= 15 is 0 Å². The van der Waals surface area contributed by atoms with Crippen LogP contribution in [0.4, 0.5) is 0 Å². The van der Waals surface area contributed by atoms with Crippen molar-refractivity contribution in [3.8, 4) is 0 Å². The van der Waals surface area contributed by atoms with Gasteiger partial charge in [-0.05, 0) is 32.2 Å². The third-order valence-electron chi connectivity index (χ3n) is 3.92. The van der Waals surface area contributed by atoms with Gasteiger partial charge in [-0.2, -0.15) is 0 Å². The maximum absolute atomic E-state index is 11.7. The van der Waals surface area contributed by atoms with Crippen LogP contribution >= 0.6 is 0 Å². The molecule has 2 aliphatic rings. The summed E-state index contributed by atoms with van der Waals surface area (Å²) in [5.74, 6) is -0.299. The van der Waals surface area contributed by atoms with Crippen molar-refractivity contribution >= 4 is 11.8 Å². The number of hydrogen-bond acceptors (Lipinski definition) is 4. The van der Waals surface area contributed by atoms with E-state index < -0.39 is 0 Å². The summed E-state index contributed by atoms with van der Waals surface area (Å²) in [6.45, 7) is 4.28. The predicted octanol–water partition coefficient (Wildman–Crippen LogP) is 0.256. The lowest BCUT2D eigenvalue weighted by molar-refractivity contribution is -0.140. The second kappa shape index (κ2) is 6.29. The van der Waals surface area contributed by atoms with E-state index in [1.165, 1.54) is 19.3 Å². The topological polar surface area (TPSA) is 61.4 Å². The molecule has 2 unspecified atom stereocenters. The molecule has 2 heterocycles. The first-order valence-corrected chi connectivity index (χ1v) is 7.02. The van der Waals surface area contributed by atoms with Gasteiger partial charge in [-0.25, -0.2) is 0 Å². The summed E-state index contributed by atoms with van der Waals surface area (Å²) in [5, 5.41) is 5.91. The first-order valence-electron chi connectivity index (χ1n) is 7.02. The predicted molar refractivity (Wildman–Crippen MR) is 69.1 cm³/mol. The Morgan fingerprint density at radius 3 is 2.83 bits per heavy atom. The van der Waals surface area contributed by atoms with Crippen molar-refractivity contribution < 1.29 is 9.59 Å².